The summed E-state index contributed by atoms with van der Waals surface area (Å²) in [6, 6.07) is 33.4. The summed E-state index contributed by atoms with van der Waals surface area (Å²) in [5.74, 6) is -8.82. The molecule has 6 aromatic rings. The molecular weight excluding hydrogens is 1380 g/mol. The van der Waals surface area contributed by atoms with Crippen molar-refractivity contribution in [3.8, 4) is 0 Å². The number of carbonyl (C=O) groups is 8. The van der Waals surface area contributed by atoms with Crippen LogP contribution in [0.5, 0.6) is 0 Å². The Hall–Kier alpha value is -9.56. The minimum absolute atomic E-state index is 0. The number of carboxylic acid groups (broad SMARTS) is 8. The molecule has 0 spiro atoms. The van der Waals surface area contributed by atoms with Crippen molar-refractivity contribution < 1.29 is 205 Å². The first-order chi connectivity index (χ1) is 37.8. The molecular formula is C42H54Cu2F12N12O18P2. The molecule has 6 heterocycles. The number of hydrogen-bond acceptors (Lipinski definition) is 22. The number of nitrogen functional groups attached to an aromatic ring is 6. The average Bonchev–Trinajstić information content (AvgIpc) is 3.29. The number of carboxylic acids is 8. The molecule has 0 bridgehead atoms. The molecule has 0 aliphatic rings. The fourth-order valence-corrected chi connectivity index (χ4v) is 2.91. The molecule has 22 N–H and O–H groups in total. The predicted octanol–water partition coefficient (Wildman–Crippen LogP) is -6.89. The molecule has 88 heavy (non-hydrogen) atoms. The third-order valence-corrected chi connectivity index (χ3v) is 5.55. The number of aromatic nitrogens is 6. The van der Waals surface area contributed by atoms with Crippen LogP contribution in [-0.2, 0) is 72.5 Å². The SMILES string of the molecule is F[P-](F)(F)(F)(F)F.F[P-](F)(F)(F)(F)F.Nc1cccc[nH+]1.Nc1cccc[nH+]1.Nc1cccc[nH+]1.Nc1cccc[nH+]1.Nc1cccc[nH+]1.Nc1cccc[nH+]1.O.O.O=C([O-])CC(=O)[O-].O=C([O-])CC(=O)[O-].O=C([O-])CC(=O)[O-].O=C([O-])CC(=O)[O-].[Cu+2].[Cu+2]. The predicted molar refractivity (Wildman–Crippen MR) is 257 cm³/mol. The van der Waals surface area contributed by atoms with E-state index in [-0.39, 0.29) is 45.1 Å². The fourth-order valence-electron chi connectivity index (χ4n) is 2.91. The zero-order chi connectivity index (χ0) is 66.9. The Balaban J connectivity index is -0.0000000939. The molecule has 506 valence electrons. The number of anilines is 6. The number of aliphatic carboxylic acids is 8. The Kier molecular flexibility index (Phi) is 55.5. The second-order valence-electron chi connectivity index (χ2n) is 13.5. The summed E-state index contributed by atoms with van der Waals surface area (Å²) >= 11 is 0. The van der Waals surface area contributed by atoms with Crippen molar-refractivity contribution in [3.63, 3.8) is 0 Å². The number of carbonyl (C=O) groups excluding carboxylic acids is 8. The number of pyridine rings is 6. The zero-order valence-corrected chi connectivity index (χ0v) is 47.4. The van der Waals surface area contributed by atoms with Gasteiger partial charge in [-0.15, -0.1) is 0 Å². The van der Waals surface area contributed by atoms with Gasteiger partial charge in [-0.25, -0.2) is 29.9 Å². The van der Waals surface area contributed by atoms with Crippen molar-refractivity contribution in [3.05, 3.63) is 146 Å². The van der Waals surface area contributed by atoms with E-state index in [1.807, 2.05) is 72.8 Å². The second kappa shape index (κ2) is 48.7. The Morgan fingerprint density at radius 3 is 0.386 bits per heavy atom. The third kappa shape index (κ3) is 147. The van der Waals surface area contributed by atoms with Crippen LogP contribution in [0.2, 0.25) is 0 Å². The van der Waals surface area contributed by atoms with Crippen molar-refractivity contribution in [1.29, 1.82) is 0 Å². The van der Waals surface area contributed by atoms with Gasteiger partial charge in [0.25, 0.3) is 34.9 Å². The van der Waals surface area contributed by atoms with Crippen LogP contribution in [0.1, 0.15) is 25.7 Å². The monoisotopic (exact) mass is 1430 g/mol. The molecule has 0 unspecified atom stereocenters. The summed E-state index contributed by atoms with van der Waals surface area (Å²) in [5, 5.41) is 74.2. The molecule has 0 saturated carbocycles. The van der Waals surface area contributed by atoms with Crippen molar-refractivity contribution in [2.24, 2.45) is 0 Å². The number of nitrogens with one attached hydrogen (secondary N) is 6. The van der Waals surface area contributed by atoms with Gasteiger partial charge in [-0.1, -0.05) is 36.4 Å². The normalized spacial score (nSPS) is 10.3. The molecule has 0 aliphatic heterocycles. The van der Waals surface area contributed by atoms with Crippen molar-refractivity contribution in [2.75, 3.05) is 34.4 Å². The van der Waals surface area contributed by atoms with Gasteiger partial charge in [0.1, 0.15) is 0 Å². The molecule has 2 radical (unpaired) electrons. The first-order valence-electron chi connectivity index (χ1n) is 20.8. The largest absolute Gasteiger partial charge is 2.00 e. The van der Waals surface area contributed by atoms with E-state index >= 15 is 0 Å². The standard InChI is InChI=1S/6C5H6N2.4C3H4O4.2Cu.2F6P.2H2O/c6*6-5-3-1-2-4-7-5;4*4-2(5)1-3(6)7;;;2*1-7(2,3,4,5)6;;/h6*1-4H,(H2,6,7);4*1H2,(H,4,5)(H,6,7);;;;;2*1H2/q;;;;;;;;;;2*+2;2*-1;;/p-2. The van der Waals surface area contributed by atoms with E-state index in [4.69, 9.17) is 34.4 Å². The molecule has 30 nitrogen and oxygen atoms in total. The smallest absolute Gasteiger partial charge is 0.550 e. The van der Waals surface area contributed by atoms with Crippen LogP contribution in [0.25, 0.3) is 0 Å². The topological polar surface area (TPSA) is 625 Å². The molecule has 6 rings (SSSR count). The van der Waals surface area contributed by atoms with E-state index in [2.05, 4.69) is 29.9 Å². The Morgan fingerprint density at radius 2 is 0.364 bits per heavy atom. The minimum Gasteiger partial charge on any atom is -0.550 e. The molecule has 0 amide bonds. The molecule has 0 atom stereocenters. The van der Waals surface area contributed by atoms with Gasteiger partial charge >= 0.3 is 100 Å². The van der Waals surface area contributed by atoms with Gasteiger partial charge in [0.2, 0.25) is 0 Å². The number of nitrogens with two attached hydrogens (primary N) is 6. The quantitative estimate of drug-likeness (QED) is 0.0357. The average molecular weight is 1430 g/mol. The van der Waals surface area contributed by atoms with Gasteiger partial charge in [-0.05, 0) is 36.4 Å². The summed E-state index contributed by atoms with van der Waals surface area (Å²) in [7, 11) is -21.3. The van der Waals surface area contributed by atoms with Crippen molar-refractivity contribution in [2.45, 2.75) is 25.7 Å². The fraction of sp³-hybridized carbons (Fsp3) is 0.0952. The number of H-pyrrole nitrogens is 6. The molecule has 0 fully saturated rings. The van der Waals surface area contributed by atoms with Gasteiger partial charge < -0.3 is 90.2 Å². The molecule has 0 aliphatic carbocycles. The molecule has 0 saturated heterocycles. The summed E-state index contributed by atoms with van der Waals surface area (Å²) < 4.78 is 118. The van der Waals surface area contributed by atoms with E-state index < -0.39 is 89.1 Å². The van der Waals surface area contributed by atoms with Gasteiger partial charge in [-0.2, -0.15) is 0 Å². The van der Waals surface area contributed by atoms with E-state index in [1.165, 1.54) is 0 Å². The summed E-state index contributed by atoms with van der Waals surface area (Å²) in [4.78, 5) is 91.1. The van der Waals surface area contributed by atoms with E-state index in [1.54, 1.807) is 73.6 Å². The maximum atomic E-state index is 9.87. The van der Waals surface area contributed by atoms with Crippen LogP contribution < -0.4 is 105 Å². The van der Waals surface area contributed by atoms with Crippen LogP contribution in [0.4, 0.5) is 85.3 Å². The Bertz CT molecular complexity index is 2340. The number of hydrogen-bond donors (Lipinski definition) is 6. The van der Waals surface area contributed by atoms with Gasteiger partial charge in [0.05, 0.1) is 37.2 Å². The van der Waals surface area contributed by atoms with Gasteiger partial charge in [-0.3, -0.25) is 34.4 Å². The van der Waals surface area contributed by atoms with Gasteiger partial charge in [0.15, 0.2) is 0 Å². The zero-order valence-electron chi connectivity index (χ0n) is 43.7. The van der Waals surface area contributed by atoms with E-state index in [0.717, 1.165) is 0 Å². The summed E-state index contributed by atoms with van der Waals surface area (Å²) in [5.41, 5.74) is 31.8. The van der Waals surface area contributed by atoms with Crippen molar-refractivity contribution in [1.82, 2.24) is 0 Å². The van der Waals surface area contributed by atoms with Gasteiger partial charge in [0, 0.05) is 110 Å². The minimum atomic E-state index is -10.7. The number of aromatic amines is 6. The molecule has 46 heteroatoms. The van der Waals surface area contributed by atoms with Crippen LogP contribution in [0.15, 0.2) is 146 Å². The first kappa shape index (κ1) is 100. The number of halogens is 12. The van der Waals surface area contributed by atoms with E-state index in [0.29, 0.717) is 34.9 Å². The first-order valence-corrected chi connectivity index (χ1v) is 24.9. The van der Waals surface area contributed by atoms with Crippen LogP contribution in [0.3, 0.4) is 0 Å². The Morgan fingerprint density at radius 1 is 0.273 bits per heavy atom. The van der Waals surface area contributed by atoms with Crippen LogP contribution in [-0.4, -0.2) is 58.7 Å². The van der Waals surface area contributed by atoms with Crippen LogP contribution >= 0.6 is 15.6 Å². The molecule has 0 aromatic carbocycles. The van der Waals surface area contributed by atoms with E-state index in [9.17, 15) is 130 Å². The summed E-state index contributed by atoms with van der Waals surface area (Å²) in [6.07, 6.45) is 6.61. The van der Waals surface area contributed by atoms with Crippen molar-refractivity contribution >= 4 is 98.3 Å². The molecule has 6 aromatic heterocycles. The Labute approximate surface area is 507 Å². The summed E-state index contributed by atoms with van der Waals surface area (Å²) in [6.45, 7) is 0. The second-order valence-corrected chi connectivity index (χ2v) is 17.3. The van der Waals surface area contributed by atoms with Crippen LogP contribution in [0, 0.1) is 0 Å². The number of rotatable bonds is 8. The maximum absolute atomic E-state index is 10.7. The third-order valence-electron chi connectivity index (χ3n) is 5.55. The maximum Gasteiger partial charge on any atom is 2.00 e.